The van der Waals surface area contributed by atoms with Crippen LogP contribution in [0, 0.1) is 5.41 Å². The Labute approximate surface area is 98.7 Å². The van der Waals surface area contributed by atoms with Crippen molar-refractivity contribution in [3.8, 4) is 0 Å². The van der Waals surface area contributed by atoms with Gasteiger partial charge < -0.3 is 10.5 Å². The van der Waals surface area contributed by atoms with Gasteiger partial charge in [-0.1, -0.05) is 23.9 Å². The van der Waals surface area contributed by atoms with Crippen LogP contribution in [0.15, 0.2) is 24.3 Å². The summed E-state index contributed by atoms with van der Waals surface area (Å²) < 4.78 is 4.90. The van der Waals surface area contributed by atoms with E-state index in [1.165, 1.54) is 11.8 Å². The predicted molar refractivity (Wildman–Crippen MR) is 65.6 cm³/mol. The van der Waals surface area contributed by atoms with Crippen molar-refractivity contribution in [1.29, 1.82) is 5.41 Å². The molecule has 0 saturated carbocycles. The van der Waals surface area contributed by atoms with Crippen LogP contribution >= 0.6 is 11.8 Å². The minimum atomic E-state index is -0.322. The SMILES string of the molecule is CCOC(=O)c1cccc(CSC(=N)N)c1. The van der Waals surface area contributed by atoms with E-state index in [0.29, 0.717) is 17.9 Å². The third-order valence-corrected chi connectivity index (χ3v) is 2.62. The first-order valence-electron chi connectivity index (χ1n) is 4.86. The molecule has 86 valence electrons. The van der Waals surface area contributed by atoms with Crippen LogP contribution in [0.2, 0.25) is 0 Å². The van der Waals surface area contributed by atoms with Crippen molar-refractivity contribution in [1.82, 2.24) is 0 Å². The molecule has 16 heavy (non-hydrogen) atoms. The van der Waals surface area contributed by atoms with Gasteiger partial charge in [-0.15, -0.1) is 0 Å². The molecule has 1 aromatic carbocycles. The second-order valence-electron chi connectivity index (χ2n) is 3.07. The van der Waals surface area contributed by atoms with Gasteiger partial charge >= 0.3 is 5.97 Å². The number of nitrogens with one attached hydrogen (secondary N) is 1. The molecule has 1 rings (SSSR count). The van der Waals surface area contributed by atoms with E-state index in [-0.39, 0.29) is 11.1 Å². The summed E-state index contributed by atoms with van der Waals surface area (Å²) in [6.45, 7) is 2.14. The second-order valence-corrected chi connectivity index (χ2v) is 4.09. The lowest BCUT2D eigenvalue weighted by Crippen LogP contribution is -2.06. The summed E-state index contributed by atoms with van der Waals surface area (Å²) >= 11 is 1.23. The Kier molecular flexibility index (Phi) is 4.85. The third kappa shape index (κ3) is 3.94. The molecule has 0 fully saturated rings. The van der Waals surface area contributed by atoms with Gasteiger partial charge in [-0.2, -0.15) is 0 Å². The van der Waals surface area contributed by atoms with Gasteiger partial charge in [0.15, 0.2) is 5.17 Å². The minimum absolute atomic E-state index is 0.0709. The van der Waals surface area contributed by atoms with Gasteiger partial charge in [-0.25, -0.2) is 4.79 Å². The van der Waals surface area contributed by atoms with E-state index in [0.717, 1.165) is 5.56 Å². The Morgan fingerprint density at radius 3 is 2.94 bits per heavy atom. The van der Waals surface area contributed by atoms with E-state index in [2.05, 4.69) is 0 Å². The Balaban J connectivity index is 2.70. The van der Waals surface area contributed by atoms with E-state index in [1.807, 2.05) is 6.07 Å². The average Bonchev–Trinajstić information content (AvgIpc) is 2.27. The Hall–Kier alpha value is -1.49. The van der Waals surface area contributed by atoms with E-state index in [1.54, 1.807) is 25.1 Å². The summed E-state index contributed by atoms with van der Waals surface area (Å²) in [6.07, 6.45) is 0. The first-order chi connectivity index (χ1) is 7.63. The monoisotopic (exact) mass is 238 g/mol. The molecule has 0 aromatic heterocycles. The summed E-state index contributed by atoms with van der Waals surface area (Å²) in [7, 11) is 0. The molecule has 0 spiro atoms. The molecule has 0 radical (unpaired) electrons. The van der Waals surface area contributed by atoms with E-state index in [9.17, 15) is 4.79 Å². The highest BCUT2D eigenvalue weighted by Crippen LogP contribution is 2.13. The van der Waals surface area contributed by atoms with Crippen LogP contribution in [0.3, 0.4) is 0 Å². The molecule has 5 heteroatoms. The highest BCUT2D eigenvalue weighted by Gasteiger charge is 2.06. The number of esters is 1. The standard InChI is InChI=1S/C11H14N2O2S/c1-2-15-10(14)9-5-3-4-8(6-9)7-16-11(12)13/h3-6H,2,7H2,1H3,(H3,12,13). The van der Waals surface area contributed by atoms with Gasteiger partial charge in [0, 0.05) is 5.75 Å². The first-order valence-corrected chi connectivity index (χ1v) is 5.85. The number of carbonyl (C=O) groups is 1. The second kappa shape index (κ2) is 6.17. The molecule has 0 bridgehead atoms. The van der Waals surface area contributed by atoms with Gasteiger partial charge in [-0.05, 0) is 24.6 Å². The number of nitrogens with two attached hydrogens (primary N) is 1. The van der Waals surface area contributed by atoms with Crippen molar-refractivity contribution < 1.29 is 9.53 Å². The van der Waals surface area contributed by atoms with E-state index in [4.69, 9.17) is 15.9 Å². The molecule has 3 N–H and O–H groups in total. The van der Waals surface area contributed by atoms with Gasteiger partial charge in [0.05, 0.1) is 12.2 Å². The lowest BCUT2D eigenvalue weighted by molar-refractivity contribution is 0.0526. The smallest absolute Gasteiger partial charge is 0.338 e. The normalized spacial score (nSPS) is 9.81. The molecular formula is C11H14N2O2S. The molecule has 4 nitrogen and oxygen atoms in total. The fourth-order valence-electron chi connectivity index (χ4n) is 1.16. The molecule has 0 aliphatic heterocycles. The molecular weight excluding hydrogens is 224 g/mol. The van der Waals surface area contributed by atoms with E-state index >= 15 is 0 Å². The number of carbonyl (C=O) groups excluding carboxylic acids is 1. The summed E-state index contributed by atoms with van der Waals surface area (Å²) in [5, 5.41) is 7.17. The molecule has 0 amide bonds. The zero-order valence-corrected chi connectivity index (χ0v) is 9.84. The van der Waals surface area contributed by atoms with Crippen LogP contribution in [0.5, 0.6) is 0 Å². The van der Waals surface area contributed by atoms with Crippen LogP contribution in [0.1, 0.15) is 22.8 Å². The predicted octanol–water partition coefficient (Wildman–Crippen LogP) is 1.99. The number of thioether (sulfide) groups is 1. The summed E-state index contributed by atoms with van der Waals surface area (Å²) in [5.74, 6) is 0.264. The zero-order valence-electron chi connectivity index (χ0n) is 9.03. The quantitative estimate of drug-likeness (QED) is 0.478. The molecule has 0 saturated heterocycles. The Bertz CT molecular complexity index is 393. The fraction of sp³-hybridized carbons (Fsp3) is 0.273. The molecule has 0 aliphatic rings. The largest absolute Gasteiger partial charge is 0.462 e. The van der Waals surface area contributed by atoms with E-state index < -0.39 is 0 Å². The number of rotatable bonds is 4. The maximum atomic E-state index is 11.4. The van der Waals surface area contributed by atoms with Crippen molar-refractivity contribution >= 4 is 22.9 Å². The molecule has 0 aliphatic carbocycles. The topological polar surface area (TPSA) is 76.2 Å². The van der Waals surface area contributed by atoms with Gasteiger partial charge in [0.2, 0.25) is 0 Å². The van der Waals surface area contributed by atoms with Crippen molar-refractivity contribution in [2.45, 2.75) is 12.7 Å². The molecule has 0 unspecified atom stereocenters. The van der Waals surface area contributed by atoms with Crippen LogP contribution in [0.25, 0.3) is 0 Å². The maximum Gasteiger partial charge on any atom is 0.338 e. The third-order valence-electron chi connectivity index (χ3n) is 1.83. The number of benzene rings is 1. The minimum Gasteiger partial charge on any atom is -0.462 e. The van der Waals surface area contributed by atoms with Crippen molar-refractivity contribution in [3.63, 3.8) is 0 Å². The number of hydrogen-bond acceptors (Lipinski definition) is 4. The summed E-state index contributed by atoms with van der Waals surface area (Å²) in [6, 6.07) is 7.15. The van der Waals surface area contributed by atoms with Crippen molar-refractivity contribution in [2.24, 2.45) is 5.73 Å². The lowest BCUT2D eigenvalue weighted by atomic mass is 10.1. The highest BCUT2D eigenvalue weighted by atomic mass is 32.2. The van der Waals surface area contributed by atoms with Crippen LogP contribution in [-0.4, -0.2) is 17.7 Å². The van der Waals surface area contributed by atoms with Gasteiger partial charge in [0.25, 0.3) is 0 Å². The van der Waals surface area contributed by atoms with Crippen LogP contribution < -0.4 is 5.73 Å². The van der Waals surface area contributed by atoms with Gasteiger partial charge in [-0.3, -0.25) is 5.41 Å². The van der Waals surface area contributed by atoms with Crippen LogP contribution in [-0.2, 0) is 10.5 Å². The van der Waals surface area contributed by atoms with Crippen molar-refractivity contribution in [3.05, 3.63) is 35.4 Å². The fourth-order valence-corrected chi connectivity index (χ4v) is 1.67. The van der Waals surface area contributed by atoms with Crippen molar-refractivity contribution in [2.75, 3.05) is 6.61 Å². The number of ether oxygens (including phenoxy) is 1. The number of hydrogen-bond donors (Lipinski definition) is 2. The Morgan fingerprint density at radius 1 is 1.56 bits per heavy atom. The summed E-state index contributed by atoms with van der Waals surface area (Å²) in [5.41, 5.74) is 6.72. The highest BCUT2D eigenvalue weighted by molar-refractivity contribution is 8.13. The Morgan fingerprint density at radius 2 is 2.31 bits per heavy atom. The van der Waals surface area contributed by atoms with Crippen LogP contribution in [0.4, 0.5) is 0 Å². The molecule has 0 atom stereocenters. The van der Waals surface area contributed by atoms with Gasteiger partial charge in [0.1, 0.15) is 0 Å². The number of amidine groups is 1. The summed E-state index contributed by atoms with van der Waals surface area (Å²) in [4.78, 5) is 11.4. The molecule has 0 heterocycles. The maximum absolute atomic E-state index is 11.4. The first kappa shape index (κ1) is 12.6. The average molecular weight is 238 g/mol. The molecule has 1 aromatic rings. The lowest BCUT2D eigenvalue weighted by Gasteiger charge is -2.04. The zero-order chi connectivity index (χ0) is 12.0.